The summed E-state index contributed by atoms with van der Waals surface area (Å²) in [6.07, 6.45) is 1.75. The molecule has 1 fully saturated rings. The van der Waals surface area contributed by atoms with Crippen molar-refractivity contribution in [1.29, 1.82) is 0 Å². The van der Waals surface area contributed by atoms with Gasteiger partial charge in [-0.05, 0) is 50.1 Å². The van der Waals surface area contributed by atoms with Crippen LogP contribution in [0.5, 0.6) is 0 Å². The molecule has 1 heterocycles. The summed E-state index contributed by atoms with van der Waals surface area (Å²) < 4.78 is 40.0. The van der Waals surface area contributed by atoms with Crippen molar-refractivity contribution in [3.05, 3.63) is 29.6 Å². The third kappa shape index (κ3) is 3.28. The van der Waals surface area contributed by atoms with Crippen molar-refractivity contribution in [1.82, 2.24) is 10.0 Å². The van der Waals surface area contributed by atoms with Crippen molar-refractivity contribution in [2.75, 3.05) is 13.1 Å². The van der Waals surface area contributed by atoms with Gasteiger partial charge in [0.2, 0.25) is 10.0 Å². The van der Waals surface area contributed by atoms with Crippen molar-refractivity contribution < 1.29 is 12.8 Å². The number of hydrogen-bond donors (Lipinski definition) is 2. The molecule has 0 amide bonds. The number of benzene rings is 1. The second-order valence-electron chi connectivity index (χ2n) is 4.63. The van der Waals surface area contributed by atoms with E-state index in [1.165, 1.54) is 12.1 Å². The van der Waals surface area contributed by atoms with Crippen molar-refractivity contribution in [3.8, 4) is 0 Å². The van der Waals surface area contributed by atoms with Gasteiger partial charge in [-0.15, -0.1) is 0 Å². The van der Waals surface area contributed by atoms with Crippen LogP contribution in [0.1, 0.15) is 18.4 Å². The van der Waals surface area contributed by atoms with Crippen LogP contribution < -0.4 is 10.0 Å². The van der Waals surface area contributed by atoms with Crippen LogP contribution in [0.4, 0.5) is 4.39 Å². The number of aryl methyl sites for hydroxylation is 1. The number of piperidine rings is 1. The minimum Gasteiger partial charge on any atom is -0.315 e. The number of hydrogen-bond acceptors (Lipinski definition) is 3. The molecule has 1 aliphatic rings. The summed E-state index contributed by atoms with van der Waals surface area (Å²) in [5, 5.41) is 3.13. The predicted octanol–water partition coefficient (Wildman–Crippen LogP) is 1.16. The summed E-state index contributed by atoms with van der Waals surface area (Å²) in [5.74, 6) is -0.530. The Hall–Kier alpha value is -0.980. The van der Waals surface area contributed by atoms with Gasteiger partial charge >= 0.3 is 0 Å². The quantitative estimate of drug-likeness (QED) is 0.868. The minimum atomic E-state index is -3.63. The normalized spacial score (nSPS) is 20.9. The van der Waals surface area contributed by atoms with Crippen LogP contribution in [0.3, 0.4) is 0 Å². The zero-order valence-corrected chi connectivity index (χ0v) is 11.1. The molecule has 6 heteroatoms. The van der Waals surface area contributed by atoms with Crippen molar-refractivity contribution in [2.45, 2.75) is 30.7 Å². The third-order valence-corrected chi connectivity index (χ3v) is 4.44. The van der Waals surface area contributed by atoms with E-state index in [2.05, 4.69) is 10.0 Å². The molecule has 0 aliphatic carbocycles. The van der Waals surface area contributed by atoms with E-state index in [-0.39, 0.29) is 10.9 Å². The van der Waals surface area contributed by atoms with Gasteiger partial charge in [0.1, 0.15) is 5.82 Å². The summed E-state index contributed by atoms with van der Waals surface area (Å²) in [6, 6.07) is 3.71. The molecule has 0 spiro atoms. The molecule has 1 aromatic carbocycles. The van der Waals surface area contributed by atoms with Crippen LogP contribution >= 0.6 is 0 Å². The molecule has 1 aromatic rings. The van der Waals surface area contributed by atoms with Gasteiger partial charge in [0, 0.05) is 12.6 Å². The first-order chi connectivity index (χ1) is 8.47. The summed E-state index contributed by atoms with van der Waals surface area (Å²) in [6.45, 7) is 3.20. The fourth-order valence-corrected chi connectivity index (χ4v) is 3.48. The number of sulfonamides is 1. The van der Waals surface area contributed by atoms with E-state index < -0.39 is 15.8 Å². The lowest BCUT2D eigenvalue weighted by molar-refractivity contribution is 0.428. The molecular formula is C12H17FN2O2S. The van der Waals surface area contributed by atoms with Gasteiger partial charge in [-0.3, -0.25) is 0 Å². The lowest BCUT2D eigenvalue weighted by Crippen LogP contribution is -2.45. The summed E-state index contributed by atoms with van der Waals surface area (Å²) in [4.78, 5) is -0.00873. The van der Waals surface area contributed by atoms with E-state index in [1.54, 1.807) is 6.92 Å². The van der Waals surface area contributed by atoms with E-state index in [9.17, 15) is 12.8 Å². The standard InChI is InChI=1S/C12H17FN2O2S/c1-9-5-10(13)7-12(6-9)18(16,17)15-11-3-2-4-14-8-11/h5-7,11,14-15H,2-4,8H2,1H3. The Morgan fingerprint density at radius 2 is 2.17 bits per heavy atom. The van der Waals surface area contributed by atoms with Gasteiger partial charge in [-0.2, -0.15) is 0 Å². The molecule has 18 heavy (non-hydrogen) atoms. The molecule has 0 aromatic heterocycles. The smallest absolute Gasteiger partial charge is 0.240 e. The van der Waals surface area contributed by atoms with Gasteiger partial charge < -0.3 is 5.32 Å². The second kappa shape index (κ2) is 5.34. The van der Waals surface area contributed by atoms with Gasteiger partial charge in [-0.1, -0.05) is 0 Å². The highest BCUT2D eigenvalue weighted by molar-refractivity contribution is 7.89. The average Bonchev–Trinajstić information content (AvgIpc) is 2.28. The zero-order chi connectivity index (χ0) is 13.2. The van der Waals surface area contributed by atoms with Crippen LogP contribution in [0, 0.1) is 12.7 Å². The fourth-order valence-electron chi connectivity index (χ4n) is 2.10. The highest BCUT2D eigenvalue weighted by atomic mass is 32.2. The van der Waals surface area contributed by atoms with Crippen molar-refractivity contribution in [3.63, 3.8) is 0 Å². The molecule has 1 atom stereocenters. The van der Waals surface area contributed by atoms with Crippen molar-refractivity contribution >= 4 is 10.0 Å². The topological polar surface area (TPSA) is 58.2 Å². The highest BCUT2D eigenvalue weighted by Gasteiger charge is 2.22. The fraction of sp³-hybridized carbons (Fsp3) is 0.500. The zero-order valence-electron chi connectivity index (χ0n) is 10.2. The first kappa shape index (κ1) is 13.5. The van der Waals surface area contributed by atoms with E-state index in [0.717, 1.165) is 25.5 Å². The van der Waals surface area contributed by atoms with Gasteiger partial charge in [-0.25, -0.2) is 17.5 Å². The summed E-state index contributed by atoms with van der Waals surface area (Å²) in [7, 11) is -3.63. The van der Waals surface area contributed by atoms with E-state index in [0.29, 0.717) is 12.1 Å². The lowest BCUT2D eigenvalue weighted by Gasteiger charge is -2.23. The molecule has 100 valence electrons. The Kier molecular flexibility index (Phi) is 3.99. The number of halogens is 1. The molecule has 1 saturated heterocycles. The lowest BCUT2D eigenvalue weighted by atomic mass is 10.1. The van der Waals surface area contributed by atoms with E-state index in [4.69, 9.17) is 0 Å². The molecular weight excluding hydrogens is 255 g/mol. The van der Waals surface area contributed by atoms with Gasteiger partial charge in [0.15, 0.2) is 0 Å². The van der Waals surface area contributed by atoms with Crippen LogP contribution in [0.15, 0.2) is 23.1 Å². The van der Waals surface area contributed by atoms with Gasteiger partial charge in [0.25, 0.3) is 0 Å². The largest absolute Gasteiger partial charge is 0.315 e. The molecule has 2 rings (SSSR count). The number of rotatable bonds is 3. The molecule has 2 N–H and O–H groups in total. The summed E-state index contributed by atoms with van der Waals surface area (Å²) in [5.41, 5.74) is 0.595. The van der Waals surface area contributed by atoms with Crippen LogP contribution in [0.25, 0.3) is 0 Å². The SMILES string of the molecule is Cc1cc(F)cc(S(=O)(=O)NC2CCCNC2)c1. The third-order valence-electron chi connectivity index (χ3n) is 2.94. The molecule has 0 radical (unpaired) electrons. The van der Waals surface area contributed by atoms with Crippen LogP contribution in [-0.4, -0.2) is 27.5 Å². The van der Waals surface area contributed by atoms with Gasteiger partial charge in [0.05, 0.1) is 4.90 Å². The Balaban J connectivity index is 2.19. The highest BCUT2D eigenvalue weighted by Crippen LogP contribution is 2.15. The molecule has 0 bridgehead atoms. The first-order valence-electron chi connectivity index (χ1n) is 5.97. The predicted molar refractivity (Wildman–Crippen MR) is 67.4 cm³/mol. The Morgan fingerprint density at radius 3 is 2.78 bits per heavy atom. The molecule has 1 unspecified atom stereocenters. The Labute approximate surface area is 107 Å². The maximum Gasteiger partial charge on any atom is 0.240 e. The Bertz CT molecular complexity index is 505. The number of nitrogens with one attached hydrogen (secondary N) is 2. The Morgan fingerprint density at radius 1 is 1.39 bits per heavy atom. The average molecular weight is 272 g/mol. The molecule has 0 saturated carbocycles. The molecule has 1 aliphatic heterocycles. The minimum absolute atomic E-state index is 0.00873. The van der Waals surface area contributed by atoms with E-state index in [1.807, 2.05) is 0 Å². The van der Waals surface area contributed by atoms with Crippen LogP contribution in [-0.2, 0) is 10.0 Å². The van der Waals surface area contributed by atoms with Crippen molar-refractivity contribution in [2.24, 2.45) is 0 Å². The molecule has 4 nitrogen and oxygen atoms in total. The van der Waals surface area contributed by atoms with E-state index >= 15 is 0 Å². The first-order valence-corrected chi connectivity index (χ1v) is 7.46. The maximum absolute atomic E-state index is 13.2. The summed E-state index contributed by atoms with van der Waals surface area (Å²) >= 11 is 0. The van der Waals surface area contributed by atoms with Crippen LogP contribution in [0.2, 0.25) is 0 Å². The second-order valence-corrected chi connectivity index (χ2v) is 6.34. The maximum atomic E-state index is 13.2. The monoisotopic (exact) mass is 272 g/mol.